The lowest BCUT2D eigenvalue weighted by molar-refractivity contribution is 0.287. The van der Waals surface area contributed by atoms with E-state index in [2.05, 4.69) is 27.9 Å². The van der Waals surface area contributed by atoms with Gasteiger partial charge in [-0.05, 0) is 36.1 Å². The van der Waals surface area contributed by atoms with Crippen LogP contribution in [-0.2, 0) is 13.2 Å². The van der Waals surface area contributed by atoms with E-state index in [9.17, 15) is 0 Å². The Morgan fingerprint density at radius 1 is 1.19 bits per heavy atom. The van der Waals surface area contributed by atoms with Gasteiger partial charge in [0.15, 0.2) is 11.5 Å². The topological polar surface area (TPSA) is 47.5 Å². The smallest absolute Gasteiger partial charge is 0.161 e. The van der Waals surface area contributed by atoms with Gasteiger partial charge in [0.2, 0.25) is 0 Å². The predicted octanol–water partition coefficient (Wildman–Crippen LogP) is 4.81. The third-order valence-electron chi connectivity index (χ3n) is 3.85. The minimum atomic E-state index is 0.385. The highest BCUT2D eigenvalue weighted by molar-refractivity contribution is 7.09. The first-order valence-electron chi connectivity index (χ1n) is 8.24. The molecule has 0 N–H and O–H groups in total. The SMILES string of the molecule is CCN(Cc1ccc(OCc2cccs2)c(OC)c1)c1cncc(Cl)n1. The van der Waals surface area contributed by atoms with Gasteiger partial charge in [-0.15, -0.1) is 11.3 Å². The number of thiophene rings is 1. The zero-order chi connectivity index (χ0) is 18.4. The van der Waals surface area contributed by atoms with Crippen molar-refractivity contribution in [2.45, 2.75) is 20.1 Å². The van der Waals surface area contributed by atoms with Crippen molar-refractivity contribution in [3.05, 3.63) is 63.7 Å². The Labute approximate surface area is 162 Å². The lowest BCUT2D eigenvalue weighted by atomic mass is 10.2. The summed E-state index contributed by atoms with van der Waals surface area (Å²) < 4.78 is 11.4. The Bertz CT molecular complexity index is 843. The number of benzene rings is 1. The van der Waals surface area contributed by atoms with Crippen molar-refractivity contribution >= 4 is 28.8 Å². The molecule has 0 aliphatic heterocycles. The normalized spacial score (nSPS) is 10.6. The lowest BCUT2D eigenvalue weighted by Crippen LogP contribution is -2.23. The molecule has 0 atom stereocenters. The van der Waals surface area contributed by atoms with Crippen LogP contribution in [0.1, 0.15) is 17.4 Å². The summed E-state index contributed by atoms with van der Waals surface area (Å²) in [6, 6.07) is 10.0. The van der Waals surface area contributed by atoms with Gasteiger partial charge in [0.05, 0.1) is 19.5 Å². The van der Waals surface area contributed by atoms with Gasteiger partial charge in [0, 0.05) is 18.0 Å². The maximum atomic E-state index is 5.96. The highest BCUT2D eigenvalue weighted by Gasteiger charge is 2.11. The predicted molar refractivity (Wildman–Crippen MR) is 105 cm³/mol. The van der Waals surface area contributed by atoms with E-state index in [1.807, 2.05) is 29.6 Å². The fourth-order valence-corrected chi connectivity index (χ4v) is 3.29. The van der Waals surface area contributed by atoms with Crippen LogP contribution < -0.4 is 14.4 Å². The summed E-state index contributed by atoms with van der Waals surface area (Å²) in [5.74, 6) is 2.19. The first-order valence-corrected chi connectivity index (χ1v) is 9.50. The van der Waals surface area contributed by atoms with Gasteiger partial charge >= 0.3 is 0 Å². The van der Waals surface area contributed by atoms with Gasteiger partial charge in [-0.25, -0.2) is 4.98 Å². The maximum absolute atomic E-state index is 5.96. The third-order valence-corrected chi connectivity index (χ3v) is 4.88. The number of halogens is 1. The number of aromatic nitrogens is 2. The second-order valence-corrected chi connectivity index (χ2v) is 6.99. The molecular formula is C19H20ClN3O2S. The fourth-order valence-electron chi connectivity index (χ4n) is 2.53. The summed E-state index contributed by atoms with van der Waals surface area (Å²) >= 11 is 7.63. The number of ether oxygens (including phenoxy) is 2. The quantitative estimate of drug-likeness (QED) is 0.553. The average Bonchev–Trinajstić information content (AvgIpc) is 3.18. The zero-order valence-corrected chi connectivity index (χ0v) is 16.3. The number of hydrogen-bond acceptors (Lipinski definition) is 6. The molecule has 136 valence electrons. The number of rotatable bonds is 8. The number of methoxy groups -OCH3 is 1. The molecule has 0 aliphatic rings. The Kier molecular flexibility index (Phi) is 6.30. The highest BCUT2D eigenvalue weighted by atomic mass is 35.5. The van der Waals surface area contributed by atoms with Crippen molar-refractivity contribution in [1.82, 2.24) is 9.97 Å². The Morgan fingerprint density at radius 2 is 2.08 bits per heavy atom. The molecule has 26 heavy (non-hydrogen) atoms. The Morgan fingerprint density at radius 3 is 2.77 bits per heavy atom. The first kappa shape index (κ1) is 18.5. The molecule has 0 fully saturated rings. The molecule has 0 spiro atoms. The molecule has 0 unspecified atom stereocenters. The summed E-state index contributed by atoms with van der Waals surface area (Å²) in [5, 5.41) is 2.42. The van der Waals surface area contributed by atoms with Crippen LogP contribution in [0.2, 0.25) is 5.15 Å². The number of hydrogen-bond donors (Lipinski definition) is 0. The molecule has 1 aromatic carbocycles. The highest BCUT2D eigenvalue weighted by Crippen LogP contribution is 2.30. The van der Waals surface area contributed by atoms with Crippen LogP contribution in [0.3, 0.4) is 0 Å². The van der Waals surface area contributed by atoms with Gasteiger partial charge in [0.25, 0.3) is 0 Å². The molecule has 0 saturated carbocycles. The summed E-state index contributed by atoms with van der Waals surface area (Å²) in [5.41, 5.74) is 1.09. The van der Waals surface area contributed by atoms with Gasteiger partial charge in [-0.1, -0.05) is 23.7 Å². The molecular weight excluding hydrogens is 370 g/mol. The van der Waals surface area contributed by atoms with E-state index in [1.54, 1.807) is 24.6 Å². The minimum Gasteiger partial charge on any atom is -0.493 e. The van der Waals surface area contributed by atoms with Crippen molar-refractivity contribution in [1.29, 1.82) is 0 Å². The second kappa shape index (κ2) is 8.87. The minimum absolute atomic E-state index is 0.385. The Balaban J connectivity index is 1.73. The largest absolute Gasteiger partial charge is 0.493 e. The van der Waals surface area contributed by atoms with Crippen LogP contribution in [0.15, 0.2) is 48.1 Å². The van der Waals surface area contributed by atoms with E-state index >= 15 is 0 Å². The number of anilines is 1. The summed E-state index contributed by atoms with van der Waals surface area (Å²) in [7, 11) is 1.65. The van der Waals surface area contributed by atoms with E-state index in [1.165, 1.54) is 11.1 Å². The summed E-state index contributed by atoms with van der Waals surface area (Å²) in [6.07, 6.45) is 3.24. The van der Waals surface area contributed by atoms with E-state index in [-0.39, 0.29) is 0 Å². The monoisotopic (exact) mass is 389 g/mol. The standard InChI is InChI=1S/C19H20ClN3O2S/c1-3-23(19-11-21-10-18(20)22-19)12-14-6-7-16(17(9-14)24-2)25-13-15-5-4-8-26-15/h4-11H,3,12-13H2,1-2H3. The van der Waals surface area contributed by atoms with Crippen LogP contribution >= 0.6 is 22.9 Å². The van der Waals surface area contributed by atoms with Crippen molar-refractivity contribution < 1.29 is 9.47 Å². The molecule has 0 saturated heterocycles. The fraction of sp³-hybridized carbons (Fsp3) is 0.263. The molecule has 0 bridgehead atoms. The summed E-state index contributed by atoms with van der Waals surface area (Å²) in [4.78, 5) is 11.7. The molecule has 7 heteroatoms. The lowest BCUT2D eigenvalue weighted by Gasteiger charge is -2.22. The van der Waals surface area contributed by atoms with Crippen LogP contribution in [0.4, 0.5) is 5.82 Å². The Hall–Kier alpha value is -2.31. The van der Waals surface area contributed by atoms with Gasteiger partial charge < -0.3 is 14.4 Å². The van der Waals surface area contributed by atoms with Crippen molar-refractivity contribution in [2.75, 3.05) is 18.6 Å². The summed E-state index contributed by atoms with van der Waals surface area (Å²) in [6.45, 7) is 4.06. The van der Waals surface area contributed by atoms with Crippen molar-refractivity contribution in [3.8, 4) is 11.5 Å². The van der Waals surface area contributed by atoms with Crippen LogP contribution in [-0.4, -0.2) is 23.6 Å². The van der Waals surface area contributed by atoms with E-state index in [4.69, 9.17) is 21.1 Å². The molecule has 0 radical (unpaired) electrons. The van der Waals surface area contributed by atoms with Crippen molar-refractivity contribution in [2.24, 2.45) is 0 Å². The second-order valence-electron chi connectivity index (χ2n) is 5.57. The molecule has 5 nitrogen and oxygen atoms in total. The third kappa shape index (κ3) is 4.65. The molecule has 3 aromatic rings. The van der Waals surface area contributed by atoms with E-state index < -0.39 is 0 Å². The molecule has 2 aromatic heterocycles. The first-order chi connectivity index (χ1) is 12.7. The van der Waals surface area contributed by atoms with Crippen LogP contribution in [0.5, 0.6) is 11.5 Å². The molecule has 3 rings (SSSR count). The number of nitrogens with zero attached hydrogens (tertiary/aromatic N) is 3. The van der Waals surface area contributed by atoms with Crippen LogP contribution in [0, 0.1) is 0 Å². The van der Waals surface area contributed by atoms with Gasteiger partial charge in [-0.2, -0.15) is 0 Å². The maximum Gasteiger partial charge on any atom is 0.161 e. The molecule has 0 amide bonds. The van der Waals surface area contributed by atoms with E-state index in [0.29, 0.717) is 24.1 Å². The molecule has 2 heterocycles. The van der Waals surface area contributed by atoms with Crippen molar-refractivity contribution in [3.63, 3.8) is 0 Å². The van der Waals surface area contributed by atoms with Gasteiger partial charge in [-0.3, -0.25) is 4.98 Å². The average molecular weight is 390 g/mol. The molecule has 0 aliphatic carbocycles. The zero-order valence-electron chi connectivity index (χ0n) is 14.7. The van der Waals surface area contributed by atoms with E-state index in [0.717, 1.165) is 23.7 Å². The van der Waals surface area contributed by atoms with Crippen LogP contribution in [0.25, 0.3) is 0 Å². The van der Waals surface area contributed by atoms with Gasteiger partial charge in [0.1, 0.15) is 17.6 Å².